The van der Waals surface area contributed by atoms with Crippen LogP contribution < -0.4 is 0 Å². The summed E-state index contributed by atoms with van der Waals surface area (Å²) in [7, 11) is 0. The first-order valence-corrected chi connectivity index (χ1v) is 5.61. The predicted molar refractivity (Wildman–Crippen MR) is 60.7 cm³/mol. The number of carbonyl (C=O) groups excluding carboxylic acids is 2. The molecular weight excluding hydrogens is 239 g/mol. The van der Waals surface area contributed by atoms with E-state index in [9.17, 15) is 14.0 Å². The van der Waals surface area contributed by atoms with Gasteiger partial charge in [0.1, 0.15) is 12.7 Å². The molecule has 0 N–H and O–H groups in total. The molecule has 0 spiro atoms. The summed E-state index contributed by atoms with van der Waals surface area (Å²) in [5.41, 5.74) is -1.58. The molecule has 0 amide bonds. The van der Waals surface area contributed by atoms with Crippen molar-refractivity contribution in [3.05, 3.63) is 35.9 Å². The van der Waals surface area contributed by atoms with E-state index in [-0.39, 0.29) is 13.0 Å². The number of cyclic esters (lactones) is 1. The zero-order chi connectivity index (χ0) is 13.2. The standard InChI is InChI=1S/C13H13FO4/c1-13(14)7-10(18-12(13)16)8-17-11(15)9-5-3-2-4-6-9/h2-6,10H,7-8H2,1H3/t10-,13+/m0/s1. The monoisotopic (exact) mass is 252 g/mol. The van der Waals surface area contributed by atoms with Gasteiger partial charge >= 0.3 is 11.9 Å². The summed E-state index contributed by atoms with van der Waals surface area (Å²) in [5.74, 6) is -1.41. The van der Waals surface area contributed by atoms with E-state index < -0.39 is 23.7 Å². The van der Waals surface area contributed by atoms with Crippen molar-refractivity contribution in [1.82, 2.24) is 0 Å². The maximum absolute atomic E-state index is 13.5. The fourth-order valence-corrected chi connectivity index (χ4v) is 1.75. The Bertz CT molecular complexity index is 455. The van der Waals surface area contributed by atoms with Crippen molar-refractivity contribution >= 4 is 11.9 Å². The van der Waals surface area contributed by atoms with Gasteiger partial charge in [-0.25, -0.2) is 14.0 Å². The van der Waals surface area contributed by atoms with Crippen LogP contribution in [-0.2, 0) is 14.3 Å². The molecule has 0 bridgehead atoms. The first-order valence-electron chi connectivity index (χ1n) is 5.61. The highest BCUT2D eigenvalue weighted by Crippen LogP contribution is 2.29. The Morgan fingerprint density at radius 1 is 1.50 bits per heavy atom. The van der Waals surface area contributed by atoms with Crippen molar-refractivity contribution < 1.29 is 23.5 Å². The summed E-state index contributed by atoms with van der Waals surface area (Å²) in [5, 5.41) is 0. The van der Waals surface area contributed by atoms with E-state index in [0.29, 0.717) is 5.56 Å². The van der Waals surface area contributed by atoms with E-state index in [0.717, 1.165) is 6.92 Å². The van der Waals surface area contributed by atoms with E-state index in [4.69, 9.17) is 9.47 Å². The zero-order valence-corrected chi connectivity index (χ0v) is 9.89. The maximum atomic E-state index is 13.5. The first kappa shape index (κ1) is 12.5. The van der Waals surface area contributed by atoms with Crippen LogP contribution in [0.5, 0.6) is 0 Å². The van der Waals surface area contributed by atoms with Crippen molar-refractivity contribution in [1.29, 1.82) is 0 Å². The van der Waals surface area contributed by atoms with Gasteiger partial charge in [-0.3, -0.25) is 0 Å². The highest BCUT2D eigenvalue weighted by molar-refractivity contribution is 5.89. The molecule has 1 aliphatic heterocycles. The van der Waals surface area contributed by atoms with Gasteiger partial charge in [0.25, 0.3) is 0 Å². The molecule has 4 nitrogen and oxygen atoms in total. The molecule has 5 heteroatoms. The molecule has 1 saturated heterocycles. The third kappa shape index (κ3) is 2.67. The SMILES string of the molecule is C[C@@]1(F)C[C@@H](COC(=O)c2ccccc2)OC1=O. The highest BCUT2D eigenvalue weighted by Gasteiger charge is 2.46. The Labute approximate surface area is 104 Å². The van der Waals surface area contributed by atoms with Crippen molar-refractivity contribution in [2.24, 2.45) is 0 Å². The van der Waals surface area contributed by atoms with Crippen molar-refractivity contribution in [2.45, 2.75) is 25.1 Å². The van der Waals surface area contributed by atoms with Crippen molar-refractivity contribution in [3.63, 3.8) is 0 Å². The van der Waals surface area contributed by atoms with Crippen molar-refractivity contribution in [2.75, 3.05) is 6.61 Å². The topological polar surface area (TPSA) is 52.6 Å². The Hall–Kier alpha value is -1.91. The van der Waals surface area contributed by atoms with Crippen LogP contribution in [0.3, 0.4) is 0 Å². The Morgan fingerprint density at radius 2 is 2.17 bits per heavy atom. The molecule has 1 heterocycles. The molecule has 0 aromatic heterocycles. The van der Waals surface area contributed by atoms with E-state index >= 15 is 0 Å². The van der Waals surface area contributed by atoms with Crippen LogP contribution in [0.4, 0.5) is 4.39 Å². The molecule has 2 rings (SSSR count). The van der Waals surface area contributed by atoms with Crippen LogP contribution in [0.25, 0.3) is 0 Å². The number of hydrogen-bond acceptors (Lipinski definition) is 4. The minimum Gasteiger partial charge on any atom is -0.458 e. The molecule has 0 aliphatic carbocycles. The van der Waals surface area contributed by atoms with Gasteiger partial charge in [-0.05, 0) is 19.1 Å². The lowest BCUT2D eigenvalue weighted by Gasteiger charge is -2.09. The van der Waals surface area contributed by atoms with Crippen molar-refractivity contribution in [3.8, 4) is 0 Å². The number of alkyl halides is 1. The molecule has 1 fully saturated rings. The van der Waals surface area contributed by atoms with Gasteiger partial charge in [0.2, 0.25) is 5.67 Å². The van der Waals surface area contributed by atoms with Gasteiger partial charge in [0.05, 0.1) is 5.56 Å². The fraction of sp³-hybridized carbons (Fsp3) is 0.385. The lowest BCUT2D eigenvalue weighted by molar-refractivity contribution is -0.150. The molecule has 0 radical (unpaired) electrons. The number of ether oxygens (including phenoxy) is 2. The lowest BCUT2D eigenvalue weighted by Crippen LogP contribution is -2.23. The first-order chi connectivity index (χ1) is 8.49. The summed E-state index contributed by atoms with van der Waals surface area (Å²) in [4.78, 5) is 22.7. The van der Waals surface area contributed by atoms with E-state index in [1.54, 1.807) is 30.3 Å². The minimum absolute atomic E-state index is 0.0894. The molecule has 0 saturated carbocycles. The maximum Gasteiger partial charge on any atom is 0.344 e. The summed E-state index contributed by atoms with van der Waals surface area (Å²) in [6.45, 7) is 1.04. The average molecular weight is 252 g/mol. The van der Waals surface area contributed by atoms with Crippen LogP contribution in [-0.4, -0.2) is 30.3 Å². The summed E-state index contributed by atoms with van der Waals surface area (Å²) in [6, 6.07) is 8.43. The smallest absolute Gasteiger partial charge is 0.344 e. The van der Waals surface area contributed by atoms with Gasteiger partial charge in [-0.15, -0.1) is 0 Å². The Morgan fingerprint density at radius 3 is 2.72 bits per heavy atom. The number of esters is 2. The van der Waals surface area contributed by atoms with Gasteiger partial charge in [0.15, 0.2) is 0 Å². The second-order valence-electron chi connectivity index (χ2n) is 4.39. The predicted octanol–water partition coefficient (Wildman–Crippen LogP) is 1.89. The third-order valence-electron chi connectivity index (χ3n) is 2.72. The number of benzene rings is 1. The molecule has 1 aromatic rings. The van der Waals surface area contributed by atoms with E-state index in [2.05, 4.69) is 0 Å². The minimum atomic E-state index is -1.98. The molecule has 18 heavy (non-hydrogen) atoms. The largest absolute Gasteiger partial charge is 0.458 e. The Balaban J connectivity index is 1.87. The van der Waals surface area contributed by atoms with Gasteiger partial charge in [0, 0.05) is 6.42 Å². The number of hydrogen-bond donors (Lipinski definition) is 0. The number of rotatable bonds is 3. The van der Waals surface area contributed by atoms with Crippen LogP contribution in [0.15, 0.2) is 30.3 Å². The third-order valence-corrected chi connectivity index (χ3v) is 2.72. The second-order valence-corrected chi connectivity index (χ2v) is 4.39. The van der Waals surface area contributed by atoms with Gasteiger partial charge in [-0.1, -0.05) is 18.2 Å². The molecule has 0 unspecified atom stereocenters. The van der Waals surface area contributed by atoms with E-state index in [1.807, 2.05) is 0 Å². The molecule has 96 valence electrons. The highest BCUT2D eigenvalue weighted by atomic mass is 19.1. The summed E-state index contributed by atoms with van der Waals surface area (Å²) in [6.07, 6.45) is -0.798. The fourth-order valence-electron chi connectivity index (χ4n) is 1.75. The van der Waals surface area contributed by atoms with Gasteiger partial charge < -0.3 is 9.47 Å². The molecule has 1 aromatic carbocycles. The van der Waals surface area contributed by atoms with Crippen LogP contribution in [0.2, 0.25) is 0 Å². The molecular formula is C13H13FO4. The van der Waals surface area contributed by atoms with Crippen LogP contribution >= 0.6 is 0 Å². The van der Waals surface area contributed by atoms with Crippen LogP contribution in [0, 0.1) is 0 Å². The average Bonchev–Trinajstić information content (AvgIpc) is 2.61. The number of halogens is 1. The summed E-state index contributed by atoms with van der Waals surface area (Å²) >= 11 is 0. The normalized spacial score (nSPS) is 26.8. The van der Waals surface area contributed by atoms with Gasteiger partial charge in [-0.2, -0.15) is 0 Å². The molecule has 1 aliphatic rings. The Kier molecular flexibility index (Phi) is 3.32. The summed E-state index contributed by atoms with van der Waals surface area (Å²) < 4.78 is 23.2. The number of carbonyl (C=O) groups is 2. The lowest BCUT2D eigenvalue weighted by atomic mass is 10.1. The zero-order valence-electron chi connectivity index (χ0n) is 9.89. The van der Waals surface area contributed by atoms with E-state index in [1.165, 1.54) is 0 Å². The van der Waals surface area contributed by atoms with Crippen LogP contribution in [0.1, 0.15) is 23.7 Å². The second kappa shape index (κ2) is 4.76. The molecule has 2 atom stereocenters. The quantitative estimate of drug-likeness (QED) is 0.771.